The highest BCUT2D eigenvalue weighted by molar-refractivity contribution is 9.10. The van der Waals surface area contributed by atoms with Crippen LogP contribution in [-0.4, -0.2) is 19.3 Å². The molecule has 0 aromatic carbocycles. The number of aromatic nitrogens is 4. The van der Waals surface area contributed by atoms with Crippen molar-refractivity contribution in [1.82, 2.24) is 19.3 Å². The van der Waals surface area contributed by atoms with E-state index >= 15 is 0 Å². The smallest absolute Gasteiger partial charge is 0.277 e. The second-order valence-electron chi connectivity index (χ2n) is 7.07. The second kappa shape index (κ2) is 7.28. The maximum absolute atomic E-state index is 14.7. The number of hydrogen-bond donors (Lipinski definition) is 0. The number of rotatable bonds is 4. The summed E-state index contributed by atoms with van der Waals surface area (Å²) in [5.41, 5.74) is 1.87. The maximum atomic E-state index is 14.7. The fourth-order valence-electron chi connectivity index (χ4n) is 3.66. The van der Waals surface area contributed by atoms with Crippen LogP contribution in [0.4, 0.5) is 13.2 Å². The van der Waals surface area contributed by atoms with Crippen LogP contribution in [0.25, 0.3) is 5.69 Å². The van der Waals surface area contributed by atoms with Gasteiger partial charge in [0.25, 0.3) is 5.56 Å². The Morgan fingerprint density at radius 1 is 1.28 bits per heavy atom. The van der Waals surface area contributed by atoms with Crippen molar-refractivity contribution < 1.29 is 13.2 Å². The van der Waals surface area contributed by atoms with E-state index < -0.39 is 17.9 Å². The van der Waals surface area contributed by atoms with Crippen LogP contribution < -0.4 is 5.56 Å². The molecule has 1 aliphatic rings. The molecular weight excluding hydrogens is 473 g/mol. The van der Waals surface area contributed by atoms with Gasteiger partial charge in [0.15, 0.2) is 5.82 Å². The summed E-state index contributed by atoms with van der Waals surface area (Å²) in [7, 11) is 0. The molecule has 1 saturated carbocycles. The summed E-state index contributed by atoms with van der Waals surface area (Å²) in [5.74, 6) is -0.764. The highest BCUT2D eigenvalue weighted by Crippen LogP contribution is 2.55. The molecule has 0 N–H and O–H groups in total. The Bertz CT molecular complexity index is 1180. The third kappa shape index (κ3) is 3.40. The van der Waals surface area contributed by atoms with Crippen LogP contribution in [-0.2, 0) is 0 Å². The molecule has 4 rings (SSSR count). The molecule has 1 fully saturated rings. The standard InChI is InChI=1S/C19H15BrClF3N4O/c1-8-5-25-17(20)15(22)16(8)28-9(2)3-13(14(21)18(28)29)12-4-11(12)10-6-26-27(7-10)19(23)24/h3,5-7,11-12,19H,4H2,1-2H3/t11-,12+/m1/s1. The molecule has 0 amide bonds. The summed E-state index contributed by atoms with van der Waals surface area (Å²) in [5, 5.41) is 3.66. The van der Waals surface area contributed by atoms with Crippen molar-refractivity contribution in [2.24, 2.45) is 0 Å². The first-order chi connectivity index (χ1) is 13.7. The third-order valence-electron chi connectivity index (χ3n) is 5.16. The molecule has 0 saturated heterocycles. The Morgan fingerprint density at radius 3 is 2.66 bits per heavy atom. The van der Waals surface area contributed by atoms with Crippen LogP contribution in [0.2, 0.25) is 5.02 Å². The minimum Gasteiger partial charge on any atom is -0.277 e. The van der Waals surface area contributed by atoms with Crippen molar-refractivity contribution in [3.63, 3.8) is 0 Å². The monoisotopic (exact) mass is 486 g/mol. The molecule has 3 aromatic heterocycles. The van der Waals surface area contributed by atoms with Gasteiger partial charge in [0.2, 0.25) is 0 Å². The number of aryl methyl sites for hydroxylation is 2. The normalized spacial score (nSPS) is 18.5. The lowest BCUT2D eigenvalue weighted by atomic mass is 10.1. The Kier molecular flexibility index (Phi) is 5.06. The van der Waals surface area contributed by atoms with Crippen molar-refractivity contribution in [3.8, 4) is 5.69 Å². The topological polar surface area (TPSA) is 52.7 Å². The van der Waals surface area contributed by atoms with E-state index in [1.807, 2.05) is 0 Å². The Labute approximate surface area is 177 Å². The maximum Gasteiger partial charge on any atom is 0.333 e. The molecule has 10 heteroatoms. The van der Waals surface area contributed by atoms with Crippen molar-refractivity contribution in [1.29, 1.82) is 0 Å². The average molecular weight is 488 g/mol. The minimum absolute atomic E-state index is 0.00268. The van der Waals surface area contributed by atoms with E-state index in [1.54, 1.807) is 19.9 Å². The summed E-state index contributed by atoms with van der Waals surface area (Å²) < 4.78 is 42.0. The molecule has 2 atom stereocenters. The largest absolute Gasteiger partial charge is 0.333 e. The molecular formula is C19H15BrClF3N4O. The summed E-state index contributed by atoms with van der Waals surface area (Å²) in [4.78, 5) is 16.9. The Hall–Kier alpha value is -2.13. The lowest BCUT2D eigenvalue weighted by Gasteiger charge is -2.16. The van der Waals surface area contributed by atoms with Crippen LogP contribution >= 0.6 is 27.5 Å². The van der Waals surface area contributed by atoms with Gasteiger partial charge in [-0.05, 0) is 70.8 Å². The van der Waals surface area contributed by atoms with E-state index in [2.05, 4.69) is 26.0 Å². The van der Waals surface area contributed by atoms with Crippen LogP contribution in [0.3, 0.4) is 0 Å². The predicted molar refractivity (Wildman–Crippen MR) is 106 cm³/mol. The Balaban J connectivity index is 1.74. The first kappa shape index (κ1) is 20.2. The molecule has 1 aliphatic carbocycles. The van der Waals surface area contributed by atoms with E-state index in [-0.39, 0.29) is 27.1 Å². The van der Waals surface area contributed by atoms with Gasteiger partial charge in [-0.15, -0.1) is 0 Å². The van der Waals surface area contributed by atoms with Crippen LogP contribution in [0, 0.1) is 19.7 Å². The van der Waals surface area contributed by atoms with Gasteiger partial charge in [0, 0.05) is 18.1 Å². The van der Waals surface area contributed by atoms with E-state index in [0.717, 1.165) is 0 Å². The zero-order valence-electron chi connectivity index (χ0n) is 15.3. The predicted octanol–water partition coefficient (Wildman–Crippen LogP) is 5.27. The van der Waals surface area contributed by atoms with E-state index in [9.17, 15) is 18.0 Å². The fourth-order valence-corrected chi connectivity index (χ4v) is 4.23. The molecule has 0 aliphatic heterocycles. The molecule has 0 bridgehead atoms. The van der Waals surface area contributed by atoms with Gasteiger partial charge in [0.05, 0.1) is 11.9 Å². The van der Waals surface area contributed by atoms with Gasteiger partial charge < -0.3 is 0 Å². The molecule has 3 aromatic rings. The molecule has 152 valence electrons. The van der Waals surface area contributed by atoms with Gasteiger partial charge in [-0.25, -0.2) is 14.1 Å². The zero-order chi connectivity index (χ0) is 21.0. The van der Waals surface area contributed by atoms with Gasteiger partial charge in [-0.1, -0.05) is 11.6 Å². The van der Waals surface area contributed by atoms with Crippen LogP contribution in [0.5, 0.6) is 0 Å². The lowest BCUT2D eigenvalue weighted by Crippen LogP contribution is -2.24. The number of alkyl halides is 2. The molecule has 3 heterocycles. The van der Waals surface area contributed by atoms with Crippen molar-refractivity contribution in [2.75, 3.05) is 0 Å². The number of hydrogen-bond acceptors (Lipinski definition) is 3. The molecule has 0 spiro atoms. The third-order valence-corrected chi connectivity index (χ3v) is 6.09. The summed E-state index contributed by atoms with van der Waals surface area (Å²) in [6.45, 7) is 0.651. The summed E-state index contributed by atoms with van der Waals surface area (Å²) in [6.07, 6.45) is 4.86. The molecule has 29 heavy (non-hydrogen) atoms. The van der Waals surface area contributed by atoms with E-state index in [0.29, 0.717) is 33.5 Å². The van der Waals surface area contributed by atoms with Gasteiger partial charge in [-0.3, -0.25) is 9.36 Å². The first-order valence-electron chi connectivity index (χ1n) is 8.76. The van der Waals surface area contributed by atoms with Crippen LogP contribution in [0.1, 0.15) is 47.2 Å². The number of halogens is 5. The van der Waals surface area contributed by atoms with Gasteiger partial charge in [0.1, 0.15) is 9.63 Å². The summed E-state index contributed by atoms with van der Waals surface area (Å²) in [6, 6.07) is 1.75. The Morgan fingerprint density at radius 2 is 2.00 bits per heavy atom. The second-order valence-corrected chi connectivity index (χ2v) is 8.20. The van der Waals surface area contributed by atoms with Crippen molar-refractivity contribution in [2.45, 2.75) is 38.7 Å². The number of nitrogens with zero attached hydrogens (tertiary/aromatic N) is 4. The molecule has 0 unspecified atom stereocenters. The first-order valence-corrected chi connectivity index (χ1v) is 9.93. The van der Waals surface area contributed by atoms with Crippen molar-refractivity contribution in [3.05, 3.63) is 72.8 Å². The zero-order valence-corrected chi connectivity index (χ0v) is 17.7. The number of pyridine rings is 2. The van der Waals surface area contributed by atoms with E-state index in [1.165, 1.54) is 23.2 Å². The highest BCUT2D eigenvalue weighted by atomic mass is 79.9. The quantitative estimate of drug-likeness (QED) is 0.471. The SMILES string of the molecule is Cc1cnc(Br)c(F)c1-n1c(C)cc([C@H]2C[C@@H]2c2cnn(C(F)F)c2)c(Cl)c1=O. The average Bonchev–Trinajstić information content (AvgIpc) is 3.30. The lowest BCUT2D eigenvalue weighted by molar-refractivity contribution is 0.0565. The molecule has 5 nitrogen and oxygen atoms in total. The van der Waals surface area contributed by atoms with E-state index in [4.69, 9.17) is 11.6 Å². The van der Waals surface area contributed by atoms with Gasteiger partial charge in [-0.2, -0.15) is 13.9 Å². The fraction of sp³-hybridized carbons (Fsp3) is 0.316. The molecule has 0 radical (unpaired) electrons. The van der Waals surface area contributed by atoms with Crippen molar-refractivity contribution >= 4 is 27.5 Å². The summed E-state index contributed by atoms with van der Waals surface area (Å²) >= 11 is 9.43. The van der Waals surface area contributed by atoms with Crippen LogP contribution in [0.15, 0.2) is 34.1 Å². The van der Waals surface area contributed by atoms with Gasteiger partial charge >= 0.3 is 6.55 Å². The minimum atomic E-state index is -2.70. The highest BCUT2D eigenvalue weighted by Gasteiger charge is 2.42.